The Morgan fingerprint density at radius 3 is 1.36 bits per heavy atom. The Hall–Kier alpha value is -6.29. The van der Waals surface area contributed by atoms with Crippen molar-refractivity contribution in [3.63, 3.8) is 0 Å². The largest absolute Gasteiger partial charge is 0.467 e. The van der Waals surface area contributed by atoms with Crippen molar-refractivity contribution in [1.29, 1.82) is 0 Å². The Morgan fingerprint density at radius 2 is 1.02 bits per heavy atom. The number of alkyl carbamates (subject to hydrolysis) is 1. The van der Waals surface area contributed by atoms with Crippen LogP contribution < -0.4 is 21.7 Å². The lowest BCUT2D eigenvalue weighted by Crippen LogP contribution is -2.62. The highest BCUT2D eigenvalue weighted by atomic mass is 16.6. The summed E-state index contributed by atoms with van der Waals surface area (Å²) in [4.78, 5) is 61.5. The van der Waals surface area contributed by atoms with Crippen molar-refractivity contribution in [2.45, 2.75) is 91.1 Å². The molecule has 14 heteroatoms. The van der Waals surface area contributed by atoms with E-state index in [0.29, 0.717) is 22.3 Å². The molecule has 2 rings (SSSR count). The highest BCUT2D eigenvalue weighted by Gasteiger charge is 2.40. The quantitative estimate of drug-likeness (QED) is 0.110. The minimum Gasteiger partial charge on any atom is -0.467 e. The Bertz CT molecular complexity index is 2020. The van der Waals surface area contributed by atoms with Crippen LogP contribution in [0.5, 0.6) is 0 Å². The number of aliphatic hydroxyl groups is 2. The highest BCUT2D eigenvalue weighted by molar-refractivity contribution is 5.98. The second-order valence-electron chi connectivity index (χ2n) is 15.4. The first-order valence-corrected chi connectivity index (χ1v) is 18.5. The molecule has 3 amide bonds. The third-order valence-corrected chi connectivity index (χ3v) is 7.73. The van der Waals surface area contributed by atoms with E-state index in [1.54, 1.807) is 111 Å². The summed E-state index contributed by atoms with van der Waals surface area (Å²) in [6.45, 7) is 15.1. The second-order valence-corrected chi connectivity index (χ2v) is 15.4. The van der Waals surface area contributed by atoms with E-state index < -0.39 is 58.6 Å². The van der Waals surface area contributed by atoms with Gasteiger partial charge in [0, 0.05) is 39.6 Å². The third-order valence-electron chi connectivity index (χ3n) is 7.73. The maximum atomic E-state index is 12.8. The molecule has 2 aromatic carbocycles. The number of carbonyl (C=O) groups is 5. The van der Waals surface area contributed by atoms with Crippen LogP contribution in [0.1, 0.15) is 94.2 Å². The predicted octanol–water partition coefficient (Wildman–Crippen LogP) is 2.92. The van der Waals surface area contributed by atoms with Crippen LogP contribution in [0.25, 0.3) is 0 Å². The van der Waals surface area contributed by atoms with Gasteiger partial charge >= 0.3 is 18.0 Å². The molecule has 4 atom stereocenters. The fourth-order valence-corrected chi connectivity index (χ4v) is 4.41. The van der Waals surface area contributed by atoms with Crippen LogP contribution >= 0.6 is 0 Å². The number of carbonyl (C=O) groups excluding carboxylic acids is 5. The van der Waals surface area contributed by atoms with Crippen molar-refractivity contribution < 1.29 is 48.4 Å². The molecule has 59 heavy (non-hydrogen) atoms. The Morgan fingerprint density at radius 1 is 0.644 bits per heavy atom. The summed E-state index contributed by atoms with van der Waals surface area (Å²) in [6.07, 6.45) is -0.727. The molecule has 0 aliphatic rings. The van der Waals surface area contributed by atoms with E-state index in [1.165, 1.54) is 14.2 Å². The molecule has 0 spiro atoms. The average molecular weight is 813 g/mol. The fourth-order valence-electron chi connectivity index (χ4n) is 4.41. The molecule has 7 N–H and O–H groups in total. The van der Waals surface area contributed by atoms with Gasteiger partial charge in [0.15, 0.2) is 0 Å². The van der Waals surface area contributed by atoms with Gasteiger partial charge in [0.1, 0.15) is 17.7 Å². The monoisotopic (exact) mass is 812 g/mol. The van der Waals surface area contributed by atoms with Gasteiger partial charge in [0.05, 0.1) is 33.0 Å². The molecule has 0 aliphatic carbocycles. The summed E-state index contributed by atoms with van der Waals surface area (Å²) < 4.78 is 14.8. The summed E-state index contributed by atoms with van der Waals surface area (Å²) in [5, 5.41) is 25.6. The van der Waals surface area contributed by atoms with Gasteiger partial charge in [-0.3, -0.25) is 9.59 Å². The van der Waals surface area contributed by atoms with Crippen molar-refractivity contribution in [3.8, 4) is 47.4 Å². The Labute approximate surface area is 347 Å². The van der Waals surface area contributed by atoms with Gasteiger partial charge in [0.2, 0.25) is 0 Å². The topological polar surface area (TPSA) is 216 Å². The predicted molar refractivity (Wildman–Crippen MR) is 223 cm³/mol. The average Bonchev–Trinajstić information content (AvgIpc) is 3.17. The number of amides is 3. The van der Waals surface area contributed by atoms with Crippen LogP contribution in [0.4, 0.5) is 4.79 Å². The summed E-state index contributed by atoms with van der Waals surface area (Å²) in [6, 6.07) is 10.8. The van der Waals surface area contributed by atoms with E-state index in [4.69, 9.17) is 30.2 Å². The molecule has 14 nitrogen and oxygen atoms in total. The van der Waals surface area contributed by atoms with E-state index in [2.05, 4.69) is 63.3 Å². The van der Waals surface area contributed by atoms with Gasteiger partial charge in [-0.25, -0.2) is 14.4 Å². The van der Waals surface area contributed by atoms with E-state index in [-0.39, 0.29) is 25.0 Å². The van der Waals surface area contributed by atoms with Gasteiger partial charge < -0.3 is 46.1 Å². The minimum atomic E-state index is -1.21. The van der Waals surface area contributed by atoms with Gasteiger partial charge in [-0.1, -0.05) is 23.7 Å². The lowest BCUT2D eigenvalue weighted by molar-refractivity contribution is -0.145. The SMILES string of the molecule is COC(=O)[C@@H](NC(=O)c1ccc(C#CC#CC(C)CO)cc1)C(C)(C)N.COC(=O)[C@@H](NC(=O)c1ccc(C#CC#CC(C)CO)cc1)C(C)(C)NC(=O)OC(C)(C)C. The van der Waals surface area contributed by atoms with Crippen LogP contribution in [0.3, 0.4) is 0 Å². The fraction of sp³-hybridized carbons (Fsp3) is 0.444. The lowest BCUT2D eigenvalue weighted by atomic mass is 9.94. The zero-order valence-electron chi connectivity index (χ0n) is 35.6. The van der Waals surface area contributed by atoms with Crippen molar-refractivity contribution in [1.82, 2.24) is 16.0 Å². The number of methoxy groups -OCH3 is 2. The van der Waals surface area contributed by atoms with Gasteiger partial charge in [-0.05, 0) is 135 Å². The highest BCUT2D eigenvalue weighted by Crippen LogP contribution is 2.16. The third kappa shape index (κ3) is 19.1. The molecule has 0 fully saturated rings. The number of esters is 2. The number of benzene rings is 2. The van der Waals surface area contributed by atoms with Crippen LogP contribution in [-0.2, 0) is 23.8 Å². The van der Waals surface area contributed by atoms with Crippen LogP contribution in [-0.4, -0.2) is 96.3 Å². The molecule has 0 heterocycles. The van der Waals surface area contributed by atoms with Crippen LogP contribution in [0.15, 0.2) is 48.5 Å². The maximum Gasteiger partial charge on any atom is 0.408 e. The van der Waals surface area contributed by atoms with Gasteiger partial charge in [0.25, 0.3) is 11.8 Å². The van der Waals surface area contributed by atoms with Crippen molar-refractivity contribution >= 4 is 29.8 Å². The number of hydrogen-bond acceptors (Lipinski definition) is 11. The summed E-state index contributed by atoms with van der Waals surface area (Å²) >= 11 is 0. The minimum absolute atomic E-state index is 0.00926. The number of rotatable bonds is 11. The zero-order valence-corrected chi connectivity index (χ0v) is 35.6. The molecule has 0 bridgehead atoms. The summed E-state index contributed by atoms with van der Waals surface area (Å²) in [7, 11) is 2.44. The molecule has 0 radical (unpaired) electrons. The molecule has 0 saturated heterocycles. The Kier molecular flexibility index (Phi) is 20.5. The first-order valence-electron chi connectivity index (χ1n) is 18.5. The van der Waals surface area contributed by atoms with Crippen molar-refractivity contribution in [2.24, 2.45) is 17.6 Å². The van der Waals surface area contributed by atoms with E-state index >= 15 is 0 Å². The van der Waals surface area contributed by atoms with E-state index in [0.717, 1.165) is 0 Å². The van der Waals surface area contributed by atoms with Gasteiger partial charge in [-0.15, -0.1) is 0 Å². The molecule has 2 unspecified atom stereocenters. The molecule has 0 aliphatic heterocycles. The number of aliphatic hydroxyl groups excluding tert-OH is 2. The molecule has 2 aromatic rings. The lowest BCUT2D eigenvalue weighted by Gasteiger charge is -2.34. The number of nitrogens with two attached hydrogens (primary N) is 1. The van der Waals surface area contributed by atoms with Crippen molar-refractivity contribution in [3.05, 3.63) is 70.8 Å². The normalized spacial score (nSPS) is 12.6. The summed E-state index contributed by atoms with van der Waals surface area (Å²) in [5.41, 5.74) is 5.04. The smallest absolute Gasteiger partial charge is 0.408 e. The standard InChI is InChI=1S/C25H32N2O6.C20H24N2O4/c1-17(16-28)10-8-9-11-18-12-14-19(15-13-18)21(29)26-20(22(30)32-7)25(5,6)27-23(31)33-24(2,3)4;1-14(13-23)7-5-6-8-15-9-11-16(12-10-15)18(24)22-17(19(25)26-4)20(2,3)21/h12-15,17,20,28H,16H2,1-7H3,(H,26,29)(H,27,31);9-12,14,17,23H,13,21H2,1-4H3,(H,22,24)/t17?,20-;14?,17-/m11/s1. The number of nitrogens with one attached hydrogen (secondary N) is 3. The van der Waals surface area contributed by atoms with E-state index in [1.807, 2.05) is 0 Å². The van der Waals surface area contributed by atoms with Gasteiger partial charge in [-0.2, -0.15) is 0 Å². The molecule has 0 aromatic heterocycles. The van der Waals surface area contributed by atoms with E-state index in [9.17, 15) is 24.0 Å². The molecule has 0 saturated carbocycles. The Balaban J connectivity index is 0.000000607. The van der Waals surface area contributed by atoms with Crippen LogP contribution in [0, 0.1) is 59.2 Å². The number of ether oxygens (including phenoxy) is 3. The molecule has 316 valence electrons. The molecular weight excluding hydrogens is 757 g/mol. The first-order chi connectivity index (χ1) is 27.5. The summed E-state index contributed by atoms with van der Waals surface area (Å²) in [5.74, 6) is 19.4. The number of hydrogen-bond donors (Lipinski definition) is 6. The maximum absolute atomic E-state index is 12.8. The van der Waals surface area contributed by atoms with Crippen LogP contribution in [0.2, 0.25) is 0 Å². The first kappa shape index (κ1) is 50.7. The zero-order chi connectivity index (χ0) is 45.0. The second kappa shape index (κ2) is 23.8. The molecular formula is C45H56N4O10. The van der Waals surface area contributed by atoms with Crippen molar-refractivity contribution in [2.75, 3.05) is 27.4 Å².